The molecule has 23 heavy (non-hydrogen) atoms. The Morgan fingerprint density at radius 2 is 1.48 bits per heavy atom. The maximum atomic E-state index is 13.1. The highest BCUT2D eigenvalue weighted by Crippen LogP contribution is 2.62. The van der Waals surface area contributed by atoms with Crippen molar-refractivity contribution >= 4 is 23.4 Å². The molecule has 0 aliphatic carbocycles. The van der Waals surface area contributed by atoms with Gasteiger partial charge >= 0.3 is 0 Å². The molecule has 3 heteroatoms. The van der Waals surface area contributed by atoms with Crippen LogP contribution in [0.4, 0.5) is 5.69 Å². The lowest BCUT2D eigenvalue weighted by molar-refractivity contribution is 0.0991. The minimum absolute atomic E-state index is 0.0851. The number of thioether (sulfide) groups is 1. The first-order valence-electron chi connectivity index (χ1n) is 7.60. The predicted molar refractivity (Wildman–Crippen MR) is 92.8 cm³/mol. The molecule has 2 nitrogen and oxygen atoms in total. The fraction of sp³-hybridized carbons (Fsp3) is 0.0500. The van der Waals surface area contributed by atoms with Crippen LogP contribution in [-0.4, -0.2) is 5.91 Å². The first kappa shape index (κ1) is 13.0. The van der Waals surface area contributed by atoms with E-state index in [-0.39, 0.29) is 5.91 Å². The van der Waals surface area contributed by atoms with Gasteiger partial charge in [0.15, 0.2) is 4.87 Å². The minimum atomic E-state index is -0.487. The number of amides is 1. The SMILES string of the molecule is O=C1c2ccccc2C2(c3ccccc3)Sc3ccccc3N12. The van der Waals surface area contributed by atoms with Crippen molar-refractivity contribution in [2.75, 3.05) is 4.90 Å². The van der Waals surface area contributed by atoms with Gasteiger partial charge in [-0.25, -0.2) is 0 Å². The number of rotatable bonds is 1. The number of anilines is 1. The molecule has 0 bridgehead atoms. The van der Waals surface area contributed by atoms with E-state index in [1.54, 1.807) is 11.8 Å². The van der Waals surface area contributed by atoms with Gasteiger partial charge in [0.1, 0.15) is 0 Å². The van der Waals surface area contributed by atoms with Gasteiger partial charge in [-0.15, -0.1) is 0 Å². The number of carbonyl (C=O) groups is 1. The van der Waals surface area contributed by atoms with E-state index in [4.69, 9.17) is 0 Å². The summed E-state index contributed by atoms with van der Waals surface area (Å²) in [5.41, 5.74) is 4.03. The molecule has 1 atom stereocenters. The lowest BCUT2D eigenvalue weighted by Gasteiger charge is -2.32. The van der Waals surface area contributed by atoms with Gasteiger partial charge in [0.25, 0.3) is 5.91 Å². The monoisotopic (exact) mass is 315 g/mol. The number of hydrogen-bond acceptors (Lipinski definition) is 2. The summed E-state index contributed by atoms with van der Waals surface area (Å²) >= 11 is 1.76. The minimum Gasteiger partial charge on any atom is -0.283 e. The van der Waals surface area contributed by atoms with Crippen LogP contribution in [0.3, 0.4) is 0 Å². The smallest absolute Gasteiger partial charge is 0.260 e. The standard InChI is InChI=1S/C20H13NOS/c22-19-15-10-4-5-11-16(15)20(14-8-2-1-3-9-14)21(19)17-12-6-7-13-18(17)23-20/h1-13H. The maximum Gasteiger partial charge on any atom is 0.260 e. The summed E-state index contributed by atoms with van der Waals surface area (Å²) in [5.74, 6) is 0.0851. The van der Waals surface area contributed by atoms with Crippen LogP contribution < -0.4 is 4.90 Å². The Labute approximate surface area is 138 Å². The molecule has 2 heterocycles. The van der Waals surface area contributed by atoms with E-state index >= 15 is 0 Å². The zero-order chi connectivity index (χ0) is 15.4. The average Bonchev–Trinajstić information content (AvgIpc) is 3.09. The largest absolute Gasteiger partial charge is 0.283 e. The third-order valence-corrected chi connectivity index (χ3v) is 6.07. The molecule has 0 aromatic heterocycles. The normalized spacial score (nSPS) is 21.0. The van der Waals surface area contributed by atoms with Gasteiger partial charge in [-0.3, -0.25) is 9.69 Å². The molecular weight excluding hydrogens is 302 g/mol. The zero-order valence-electron chi connectivity index (χ0n) is 12.3. The highest BCUT2D eigenvalue weighted by atomic mass is 32.2. The molecule has 1 amide bonds. The third kappa shape index (κ3) is 1.52. The van der Waals surface area contributed by atoms with E-state index < -0.39 is 4.87 Å². The van der Waals surface area contributed by atoms with Crippen molar-refractivity contribution in [1.82, 2.24) is 0 Å². The van der Waals surface area contributed by atoms with Gasteiger partial charge in [0.2, 0.25) is 0 Å². The van der Waals surface area contributed by atoms with Crippen molar-refractivity contribution in [3.63, 3.8) is 0 Å². The highest BCUT2D eigenvalue weighted by Gasteiger charge is 2.56. The van der Waals surface area contributed by atoms with Crippen LogP contribution in [-0.2, 0) is 4.87 Å². The lowest BCUT2D eigenvalue weighted by Crippen LogP contribution is -2.39. The Morgan fingerprint density at radius 3 is 2.35 bits per heavy atom. The summed E-state index contributed by atoms with van der Waals surface area (Å²) in [5, 5.41) is 0. The quantitative estimate of drug-likeness (QED) is 0.651. The topological polar surface area (TPSA) is 20.3 Å². The van der Waals surface area contributed by atoms with E-state index in [2.05, 4.69) is 24.3 Å². The first-order valence-corrected chi connectivity index (χ1v) is 8.42. The van der Waals surface area contributed by atoms with Crippen molar-refractivity contribution in [1.29, 1.82) is 0 Å². The summed E-state index contributed by atoms with van der Waals surface area (Å²) in [6, 6.07) is 26.5. The molecule has 0 fully saturated rings. The van der Waals surface area contributed by atoms with Gasteiger partial charge < -0.3 is 0 Å². The fourth-order valence-corrected chi connectivity index (χ4v) is 5.17. The number of carbonyl (C=O) groups excluding carboxylic acids is 1. The Bertz CT molecular complexity index is 937. The fourth-order valence-electron chi connectivity index (χ4n) is 3.62. The van der Waals surface area contributed by atoms with Crippen molar-refractivity contribution < 1.29 is 4.79 Å². The van der Waals surface area contributed by atoms with Crippen molar-refractivity contribution in [2.45, 2.75) is 9.77 Å². The summed E-state index contributed by atoms with van der Waals surface area (Å²) in [7, 11) is 0. The molecule has 0 saturated carbocycles. The Hall–Kier alpha value is -2.52. The second-order valence-corrected chi connectivity index (χ2v) is 7.00. The van der Waals surface area contributed by atoms with E-state index in [0.29, 0.717) is 0 Å². The van der Waals surface area contributed by atoms with Gasteiger partial charge in [-0.05, 0) is 23.8 Å². The van der Waals surface area contributed by atoms with Crippen LogP contribution in [0.5, 0.6) is 0 Å². The Balaban J connectivity index is 1.87. The lowest BCUT2D eigenvalue weighted by atomic mass is 9.97. The molecule has 0 N–H and O–H groups in total. The van der Waals surface area contributed by atoms with Crippen molar-refractivity contribution in [2.24, 2.45) is 0 Å². The van der Waals surface area contributed by atoms with E-state index in [1.165, 1.54) is 0 Å². The first-order chi connectivity index (χ1) is 11.3. The summed E-state index contributed by atoms with van der Waals surface area (Å²) in [6.07, 6.45) is 0. The number of hydrogen-bond donors (Lipinski definition) is 0. The average molecular weight is 315 g/mol. The Morgan fingerprint density at radius 1 is 0.783 bits per heavy atom. The Kier molecular flexibility index (Phi) is 2.53. The summed E-state index contributed by atoms with van der Waals surface area (Å²) in [6.45, 7) is 0. The molecule has 3 aromatic carbocycles. The van der Waals surface area contributed by atoms with Gasteiger partial charge in [0.05, 0.1) is 5.69 Å². The van der Waals surface area contributed by atoms with Crippen LogP contribution in [0.2, 0.25) is 0 Å². The predicted octanol–water partition coefficient (Wildman–Crippen LogP) is 4.65. The second kappa shape index (κ2) is 4.49. The molecule has 1 unspecified atom stereocenters. The van der Waals surface area contributed by atoms with E-state index in [0.717, 1.165) is 27.3 Å². The zero-order valence-corrected chi connectivity index (χ0v) is 13.1. The summed E-state index contributed by atoms with van der Waals surface area (Å²) in [4.78, 5) is 15.8. The molecule has 2 aliphatic rings. The van der Waals surface area contributed by atoms with Gasteiger partial charge in [-0.1, -0.05) is 72.4 Å². The molecule has 5 rings (SSSR count). The van der Waals surface area contributed by atoms with Crippen molar-refractivity contribution in [3.05, 3.63) is 95.6 Å². The summed E-state index contributed by atoms with van der Waals surface area (Å²) < 4.78 is 0. The number of para-hydroxylation sites is 1. The second-order valence-electron chi connectivity index (χ2n) is 5.77. The molecule has 2 aliphatic heterocycles. The maximum absolute atomic E-state index is 13.1. The van der Waals surface area contributed by atoms with Crippen LogP contribution in [0.15, 0.2) is 83.8 Å². The molecule has 0 saturated heterocycles. The van der Waals surface area contributed by atoms with Crippen LogP contribution in [0.1, 0.15) is 21.5 Å². The number of fused-ring (bicyclic) bond motifs is 5. The molecule has 0 radical (unpaired) electrons. The highest BCUT2D eigenvalue weighted by molar-refractivity contribution is 8.01. The number of nitrogens with zero attached hydrogens (tertiary/aromatic N) is 1. The molecule has 0 spiro atoms. The molecule has 3 aromatic rings. The van der Waals surface area contributed by atoms with Crippen LogP contribution in [0.25, 0.3) is 0 Å². The van der Waals surface area contributed by atoms with E-state index in [9.17, 15) is 4.79 Å². The van der Waals surface area contributed by atoms with Crippen LogP contribution >= 0.6 is 11.8 Å². The number of benzene rings is 3. The van der Waals surface area contributed by atoms with Crippen LogP contribution in [0, 0.1) is 0 Å². The molecule has 110 valence electrons. The van der Waals surface area contributed by atoms with Gasteiger partial charge in [-0.2, -0.15) is 0 Å². The van der Waals surface area contributed by atoms with E-state index in [1.807, 2.05) is 59.5 Å². The third-order valence-electron chi connectivity index (χ3n) is 4.57. The van der Waals surface area contributed by atoms with Gasteiger partial charge in [0, 0.05) is 16.0 Å². The van der Waals surface area contributed by atoms with Crippen molar-refractivity contribution in [3.8, 4) is 0 Å². The molecular formula is C20H13NOS.